The van der Waals surface area contributed by atoms with Crippen LogP contribution in [0, 0.1) is 5.92 Å². The van der Waals surface area contributed by atoms with Crippen LogP contribution in [-0.4, -0.2) is 72.5 Å². The van der Waals surface area contributed by atoms with E-state index in [9.17, 15) is 0 Å². The van der Waals surface area contributed by atoms with E-state index in [-0.39, 0.29) is 19.1 Å². The average Bonchev–Trinajstić information content (AvgIpc) is 2.19. The first-order valence-corrected chi connectivity index (χ1v) is 5.31. The molecule has 84 valence electrons. The summed E-state index contributed by atoms with van der Waals surface area (Å²) in [5, 5.41) is 18.0. The molecule has 1 atom stereocenters. The van der Waals surface area contributed by atoms with Gasteiger partial charge < -0.3 is 20.0 Å². The summed E-state index contributed by atoms with van der Waals surface area (Å²) < 4.78 is 0. The van der Waals surface area contributed by atoms with E-state index < -0.39 is 0 Å². The lowest BCUT2D eigenvalue weighted by molar-refractivity contribution is 0.0614. The number of hydrogen-bond acceptors (Lipinski definition) is 4. The van der Waals surface area contributed by atoms with Crippen LogP contribution in [0.15, 0.2) is 0 Å². The molecule has 0 aromatic heterocycles. The lowest BCUT2D eigenvalue weighted by Gasteiger charge is -2.38. The minimum absolute atomic E-state index is 0.0191. The summed E-state index contributed by atoms with van der Waals surface area (Å²) in [5.74, 6) is 0.0191. The molecule has 1 rings (SSSR count). The van der Waals surface area contributed by atoms with Crippen LogP contribution in [0.4, 0.5) is 0 Å². The summed E-state index contributed by atoms with van der Waals surface area (Å²) in [4.78, 5) is 4.66. The smallest absolute Gasteiger partial charge is 0.0493 e. The summed E-state index contributed by atoms with van der Waals surface area (Å²) in [7, 11) is 2.14. The molecule has 0 bridgehead atoms. The van der Waals surface area contributed by atoms with Crippen molar-refractivity contribution in [2.45, 2.75) is 13.0 Å². The number of rotatable bonds is 4. The van der Waals surface area contributed by atoms with Crippen molar-refractivity contribution < 1.29 is 10.2 Å². The normalized spacial score (nSPS) is 25.9. The van der Waals surface area contributed by atoms with Gasteiger partial charge in [0, 0.05) is 51.4 Å². The van der Waals surface area contributed by atoms with Gasteiger partial charge in [0.25, 0.3) is 0 Å². The molecule has 4 heteroatoms. The highest BCUT2D eigenvalue weighted by Crippen LogP contribution is 2.09. The van der Waals surface area contributed by atoms with E-state index in [1.165, 1.54) is 0 Å². The van der Waals surface area contributed by atoms with Crippen LogP contribution < -0.4 is 0 Å². The van der Waals surface area contributed by atoms with Gasteiger partial charge in [-0.3, -0.25) is 0 Å². The minimum Gasteiger partial charge on any atom is -0.396 e. The molecule has 4 nitrogen and oxygen atoms in total. The molecular formula is C10H22N2O2. The molecule has 1 fully saturated rings. The fourth-order valence-electron chi connectivity index (χ4n) is 1.83. The molecule has 1 unspecified atom stereocenters. The number of piperazine rings is 1. The van der Waals surface area contributed by atoms with Crippen LogP contribution in [-0.2, 0) is 0 Å². The third-order valence-electron chi connectivity index (χ3n) is 3.08. The van der Waals surface area contributed by atoms with Crippen molar-refractivity contribution in [1.29, 1.82) is 0 Å². The van der Waals surface area contributed by atoms with Crippen LogP contribution in [0.2, 0.25) is 0 Å². The zero-order valence-electron chi connectivity index (χ0n) is 9.19. The molecule has 2 N–H and O–H groups in total. The Balaban J connectivity index is 2.32. The first-order valence-electron chi connectivity index (χ1n) is 5.31. The van der Waals surface area contributed by atoms with Gasteiger partial charge >= 0.3 is 0 Å². The largest absolute Gasteiger partial charge is 0.396 e. The quantitative estimate of drug-likeness (QED) is 0.628. The van der Waals surface area contributed by atoms with Crippen LogP contribution in [0.5, 0.6) is 0 Å². The van der Waals surface area contributed by atoms with Gasteiger partial charge in [0.2, 0.25) is 0 Å². The fraction of sp³-hybridized carbons (Fsp3) is 1.00. The van der Waals surface area contributed by atoms with Crippen molar-refractivity contribution in [3.05, 3.63) is 0 Å². The van der Waals surface area contributed by atoms with Crippen LogP contribution in [0.3, 0.4) is 0 Å². The Morgan fingerprint density at radius 2 is 1.93 bits per heavy atom. The second kappa shape index (κ2) is 5.66. The van der Waals surface area contributed by atoms with E-state index >= 15 is 0 Å². The Morgan fingerprint density at radius 3 is 2.43 bits per heavy atom. The first-order chi connectivity index (χ1) is 6.67. The average molecular weight is 202 g/mol. The topological polar surface area (TPSA) is 46.9 Å². The van der Waals surface area contributed by atoms with E-state index in [1.807, 2.05) is 0 Å². The van der Waals surface area contributed by atoms with Crippen molar-refractivity contribution in [3.8, 4) is 0 Å². The SMILES string of the molecule is CC1CN(CC(CO)CO)CCN1C. The molecular weight excluding hydrogens is 180 g/mol. The number of nitrogens with zero attached hydrogens (tertiary/aromatic N) is 2. The van der Waals surface area contributed by atoms with Gasteiger partial charge in [0.15, 0.2) is 0 Å². The maximum atomic E-state index is 8.98. The van der Waals surface area contributed by atoms with E-state index in [0.717, 1.165) is 26.2 Å². The van der Waals surface area contributed by atoms with Gasteiger partial charge in [0.1, 0.15) is 0 Å². The lowest BCUT2D eigenvalue weighted by atomic mass is 10.1. The third-order valence-corrected chi connectivity index (χ3v) is 3.08. The van der Waals surface area contributed by atoms with Crippen molar-refractivity contribution in [2.75, 3.05) is 46.4 Å². The monoisotopic (exact) mass is 202 g/mol. The number of likely N-dealkylation sites (N-methyl/N-ethyl adjacent to an activating group) is 1. The molecule has 0 aliphatic carbocycles. The Labute approximate surface area is 86.1 Å². The summed E-state index contributed by atoms with van der Waals surface area (Å²) in [6.45, 7) is 6.33. The molecule has 0 radical (unpaired) electrons. The molecule has 0 saturated carbocycles. The van der Waals surface area contributed by atoms with Crippen LogP contribution in [0.25, 0.3) is 0 Å². The standard InChI is InChI=1S/C10H22N2O2/c1-9-5-12(4-3-11(9)2)6-10(7-13)8-14/h9-10,13-14H,3-8H2,1-2H3. The predicted molar refractivity (Wildman–Crippen MR) is 56.2 cm³/mol. The molecule has 1 aliphatic rings. The number of aliphatic hydroxyl groups is 2. The Bertz CT molecular complexity index is 162. The molecule has 1 aliphatic heterocycles. The molecule has 14 heavy (non-hydrogen) atoms. The van der Waals surface area contributed by atoms with Gasteiger partial charge in [-0.05, 0) is 14.0 Å². The molecule has 1 saturated heterocycles. The third kappa shape index (κ3) is 3.20. The fourth-order valence-corrected chi connectivity index (χ4v) is 1.83. The highest BCUT2D eigenvalue weighted by atomic mass is 16.3. The van der Waals surface area contributed by atoms with E-state index in [4.69, 9.17) is 10.2 Å². The lowest BCUT2D eigenvalue weighted by Crippen LogP contribution is -2.51. The summed E-state index contributed by atoms with van der Waals surface area (Å²) >= 11 is 0. The van der Waals surface area contributed by atoms with Gasteiger partial charge in [-0.25, -0.2) is 0 Å². The summed E-state index contributed by atoms with van der Waals surface area (Å²) in [6.07, 6.45) is 0. The highest BCUT2D eigenvalue weighted by molar-refractivity contribution is 4.78. The van der Waals surface area contributed by atoms with E-state index in [2.05, 4.69) is 23.8 Å². The Morgan fingerprint density at radius 1 is 1.29 bits per heavy atom. The first kappa shape index (κ1) is 11.9. The van der Waals surface area contributed by atoms with Crippen molar-refractivity contribution in [1.82, 2.24) is 9.80 Å². The van der Waals surface area contributed by atoms with E-state index in [0.29, 0.717) is 6.04 Å². The molecule has 0 aromatic carbocycles. The van der Waals surface area contributed by atoms with Gasteiger partial charge in [-0.2, -0.15) is 0 Å². The zero-order valence-corrected chi connectivity index (χ0v) is 9.19. The van der Waals surface area contributed by atoms with Gasteiger partial charge in [-0.1, -0.05) is 0 Å². The van der Waals surface area contributed by atoms with Crippen LogP contribution in [0.1, 0.15) is 6.92 Å². The van der Waals surface area contributed by atoms with Crippen LogP contribution >= 0.6 is 0 Å². The van der Waals surface area contributed by atoms with Gasteiger partial charge in [-0.15, -0.1) is 0 Å². The predicted octanol–water partition coefficient (Wildman–Crippen LogP) is -0.777. The molecule has 1 heterocycles. The summed E-state index contributed by atoms with van der Waals surface area (Å²) in [6, 6.07) is 0.571. The maximum Gasteiger partial charge on any atom is 0.0493 e. The summed E-state index contributed by atoms with van der Waals surface area (Å²) in [5.41, 5.74) is 0. The zero-order chi connectivity index (χ0) is 10.6. The Kier molecular flexibility index (Phi) is 4.81. The molecule has 0 aromatic rings. The van der Waals surface area contributed by atoms with E-state index in [1.54, 1.807) is 0 Å². The highest BCUT2D eigenvalue weighted by Gasteiger charge is 2.22. The number of hydrogen-bond donors (Lipinski definition) is 2. The van der Waals surface area contributed by atoms with Crippen molar-refractivity contribution in [2.24, 2.45) is 5.92 Å². The molecule has 0 spiro atoms. The van der Waals surface area contributed by atoms with Crippen molar-refractivity contribution >= 4 is 0 Å². The van der Waals surface area contributed by atoms with Crippen molar-refractivity contribution in [3.63, 3.8) is 0 Å². The second-order valence-corrected chi connectivity index (χ2v) is 4.32. The number of aliphatic hydroxyl groups excluding tert-OH is 2. The molecule has 0 amide bonds. The maximum absolute atomic E-state index is 8.98. The minimum atomic E-state index is 0.0191. The van der Waals surface area contributed by atoms with Gasteiger partial charge in [0.05, 0.1) is 0 Å². The Hall–Kier alpha value is -0.160. The second-order valence-electron chi connectivity index (χ2n) is 4.32.